The molecule has 0 saturated carbocycles. The first kappa shape index (κ1) is 15.9. The van der Waals surface area contributed by atoms with Crippen molar-refractivity contribution in [1.82, 2.24) is 0 Å². The smallest absolute Gasteiger partial charge is 0.196 e. The first-order valence-corrected chi connectivity index (χ1v) is 8.12. The van der Waals surface area contributed by atoms with Crippen molar-refractivity contribution in [3.63, 3.8) is 0 Å². The molecule has 0 aromatic heterocycles. The lowest BCUT2D eigenvalue weighted by Crippen LogP contribution is -2.24. The number of ether oxygens (including phenoxy) is 1. The summed E-state index contributed by atoms with van der Waals surface area (Å²) in [5, 5.41) is 0. The molecule has 128 valence electrons. The Morgan fingerprint density at radius 1 is 0.808 bits per heavy atom. The second-order valence-corrected chi connectivity index (χ2v) is 6.25. The second-order valence-electron chi connectivity index (χ2n) is 6.25. The van der Waals surface area contributed by atoms with Crippen LogP contribution in [0.1, 0.15) is 37.4 Å². The number of carbonyl (C=O) groups is 2. The molecule has 3 aromatic carbocycles. The highest BCUT2D eigenvalue weighted by Gasteiger charge is 2.34. The highest BCUT2D eigenvalue weighted by Crippen LogP contribution is 2.41. The largest absolute Gasteiger partial charge is 0.455 e. The molecule has 5 nitrogen and oxygen atoms in total. The lowest BCUT2D eigenvalue weighted by atomic mass is 9.82. The van der Waals surface area contributed by atoms with Gasteiger partial charge in [-0.3, -0.25) is 9.59 Å². The molecule has 0 aliphatic heterocycles. The van der Waals surface area contributed by atoms with E-state index in [9.17, 15) is 9.59 Å². The van der Waals surface area contributed by atoms with Gasteiger partial charge in [0.05, 0.1) is 16.8 Å². The maximum Gasteiger partial charge on any atom is 0.196 e. The van der Waals surface area contributed by atoms with Crippen molar-refractivity contribution < 1.29 is 14.3 Å². The Labute approximate surface area is 150 Å². The number of fused-ring (bicyclic) bond motifs is 2. The molecular weight excluding hydrogens is 328 g/mol. The van der Waals surface area contributed by atoms with E-state index in [0.29, 0.717) is 16.9 Å². The van der Waals surface area contributed by atoms with Gasteiger partial charge in [0.2, 0.25) is 0 Å². The van der Waals surface area contributed by atoms with Crippen LogP contribution in [0.25, 0.3) is 0 Å². The van der Waals surface area contributed by atoms with Gasteiger partial charge in [-0.15, -0.1) is 0 Å². The standard InChI is InChI=1S/C21H16N2O3/c1-11-5-4-6-12(9-11)26-16-10-15(22)17-18(19(16)23)21(25)14-8-3-2-7-13(14)20(17)24/h2-10H,22-23H2,1H3. The van der Waals surface area contributed by atoms with Gasteiger partial charge in [0.1, 0.15) is 5.75 Å². The van der Waals surface area contributed by atoms with Gasteiger partial charge >= 0.3 is 0 Å². The van der Waals surface area contributed by atoms with Gasteiger partial charge in [-0.1, -0.05) is 36.4 Å². The van der Waals surface area contributed by atoms with Crippen molar-refractivity contribution >= 4 is 22.9 Å². The summed E-state index contributed by atoms with van der Waals surface area (Å²) in [4.78, 5) is 25.8. The van der Waals surface area contributed by atoms with Crippen LogP contribution in [-0.4, -0.2) is 11.6 Å². The quantitative estimate of drug-likeness (QED) is 0.540. The average molecular weight is 344 g/mol. The maximum atomic E-state index is 12.9. The molecule has 0 heterocycles. The minimum atomic E-state index is -0.325. The van der Waals surface area contributed by atoms with Crippen molar-refractivity contribution in [2.24, 2.45) is 0 Å². The van der Waals surface area contributed by atoms with Crippen LogP contribution in [0, 0.1) is 6.92 Å². The Morgan fingerprint density at radius 3 is 2.12 bits per heavy atom. The van der Waals surface area contributed by atoms with Crippen molar-refractivity contribution in [3.05, 3.63) is 82.4 Å². The van der Waals surface area contributed by atoms with Crippen molar-refractivity contribution in [1.29, 1.82) is 0 Å². The molecule has 0 atom stereocenters. The van der Waals surface area contributed by atoms with Crippen LogP contribution in [-0.2, 0) is 0 Å². The molecule has 4 N–H and O–H groups in total. The molecule has 1 aliphatic carbocycles. The highest BCUT2D eigenvalue weighted by molar-refractivity contribution is 6.32. The summed E-state index contributed by atoms with van der Waals surface area (Å²) < 4.78 is 5.84. The fourth-order valence-electron chi connectivity index (χ4n) is 3.21. The van der Waals surface area contributed by atoms with Crippen molar-refractivity contribution in [2.75, 3.05) is 11.5 Å². The van der Waals surface area contributed by atoms with E-state index in [1.165, 1.54) is 6.07 Å². The molecular formula is C21H16N2O3. The van der Waals surface area contributed by atoms with E-state index < -0.39 is 0 Å². The van der Waals surface area contributed by atoms with Gasteiger partial charge in [0, 0.05) is 22.9 Å². The van der Waals surface area contributed by atoms with Crippen LogP contribution < -0.4 is 16.2 Å². The number of ketones is 2. The molecule has 4 rings (SSSR count). The Morgan fingerprint density at radius 2 is 1.46 bits per heavy atom. The number of nitrogens with two attached hydrogens (primary N) is 2. The normalized spacial score (nSPS) is 12.5. The van der Waals surface area contributed by atoms with Gasteiger partial charge in [-0.05, 0) is 24.6 Å². The fraction of sp³-hybridized carbons (Fsp3) is 0.0476. The van der Waals surface area contributed by atoms with E-state index in [1.807, 2.05) is 25.1 Å². The Kier molecular flexibility index (Phi) is 3.51. The second kappa shape index (κ2) is 5.74. The molecule has 0 fully saturated rings. The van der Waals surface area contributed by atoms with Crippen molar-refractivity contribution in [2.45, 2.75) is 6.92 Å². The molecule has 0 amide bonds. The van der Waals surface area contributed by atoms with Crippen LogP contribution in [0.15, 0.2) is 54.6 Å². The molecule has 0 saturated heterocycles. The Hall–Kier alpha value is -3.60. The van der Waals surface area contributed by atoms with Crippen LogP contribution in [0.5, 0.6) is 11.5 Å². The number of hydrogen-bond donors (Lipinski definition) is 2. The molecule has 0 unspecified atom stereocenters. The van der Waals surface area contributed by atoms with Crippen LogP contribution in [0.4, 0.5) is 11.4 Å². The van der Waals surface area contributed by atoms with E-state index in [-0.39, 0.29) is 39.8 Å². The van der Waals surface area contributed by atoms with Gasteiger partial charge < -0.3 is 16.2 Å². The lowest BCUT2D eigenvalue weighted by Gasteiger charge is -2.22. The number of hydrogen-bond acceptors (Lipinski definition) is 5. The summed E-state index contributed by atoms with van der Waals surface area (Å²) in [7, 11) is 0. The number of aryl methyl sites for hydroxylation is 1. The number of benzene rings is 3. The lowest BCUT2D eigenvalue weighted by molar-refractivity contribution is 0.0980. The summed E-state index contributed by atoms with van der Waals surface area (Å²) in [6.45, 7) is 1.94. The van der Waals surface area contributed by atoms with E-state index in [1.54, 1.807) is 30.3 Å². The summed E-state index contributed by atoms with van der Waals surface area (Å²) in [5.41, 5.74) is 14.5. The summed E-state index contributed by atoms with van der Waals surface area (Å²) in [5.74, 6) is 0.203. The van der Waals surface area contributed by atoms with E-state index in [2.05, 4.69) is 0 Å². The Balaban J connectivity index is 1.88. The molecule has 0 radical (unpaired) electrons. The number of rotatable bonds is 2. The molecule has 5 heteroatoms. The predicted molar refractivity (Wildman–Crippen MR) is 99.8 cm³/mol. The molecule has 1 aliphatic rings. The monoisotopic (exact) mass is 344 g/mol. The SMILES string of the molecule is Cc1cccc(Oc2cc(N)c3c(c2N)C(=O)c2ccccc2C3=O)c1. The Bertz CT molecular complexity index is 1090. The summed E-state index contributed by atoms with van der Waals surface area (Å²) in [6.07, 6.45) is 0. The van der Waals surface area contributed by atoms with E-state index in [4.69, 9.17) is 16.2 Å². The average Bonchev–Trinajstić information content (AvgIpc) is 2.62. The minimum Gasteiger partial charge on any atom is -0.455 e. The van der Waals surface area contributed by atoms with Gasteiger partial charge in [-0.25, -0.2) is 0 Å². The first-order chi connectivity index (χ1) is 12.5. The van der Waals surface area contributed by atoms with Crippen molar-refractivity contribution in [3.8, 4) is 11.5 Å². The predicted octanol–water partition coefficient (Wildman–Crippen LogP) is 3.73. The van der Waals surface area contributed by atoms with Crippen LogP contribution in [0.2, 0.25) is 0 Å². The summed E-state index contributed by atoms with van der Waals surface area (Å²) in [6, 6.07) is 15.6. The molecule has 3 aromatic rings. The highest BCUT2D eigenvalue weighted by atomic mass is 16.5. The fourth-order valence-corrected chi connectivity index (χ4v) is 3.21. The topological polar surface area (TPSA) is 95.4 Å². The zero-order valence-electron chi connectivity index (χ0n) is 14.1. The third kappa shape index (κ3) is 2.33. The molecule has 0 spiro atoms. The minimum absolute atomic E-state index is 0.108. The van der Waals surface area contributed by atoms with Crippen LogP contribution in [0.3, 0.4) is 0 Å². The number of nitrogen functional groups attached to an aromatic ring is 2. The van der Waals surface area contributed by atoms with Gasteiger partial charge in [0.15, 0.2) is 17.3 Å². The van der Waals surface area contributed by atoms with Gasteiger partial charge in [-0.2, -0.15) is 0 Å². The summed E-state index contributed by atoms with van der Waals surface area (Å²) >= 11 is 0. The number of anilines is 2. The van der Waals surface area contributed by atoms with E-state index >= 15 is 0 Å². The zero-order chi connectivity index (χ0) is 18.4. The molecule has 0 bridgehead atoms. The van der Waals surface area contributed by atoms with Gasteiger partial charge in [0.25, 0.3) is 0 Å². The first-order valence-electron chi connectivity index (χ1n) is 8.12. The van der Waals surface area contributed by atoms with E-state index in [0.717, 1.165) is 5.56 Å². The molecule has 26 heavy (non-hydrogen) atoms. The zero-order valence-corrected chi connectivity index (χ0v) is 14.1. The van der Waals surface area contributed by atoms with Crippen LogP contribution >= 0.6 is 0 Å². The maximum absolute atomic E-state index is 12.9. The third-order valence-corrected chi connectivity index (χ3v) is 4.45. The third-order valence-electron chi connectivity index (χ3n) is 4.45. The number of carbonyl (C=O) groups excluding carboxylic acids is 2.